The molecule has 0 aliphatic carbocycles. The topological polar surface area (TPSA) is 42.2 Å². The molecule has 0 radical (unpaired) electrons. The number of anilines is 2. The smallest absolute Gasteiger partial charge is 0.0951 e. The van der Waals surface area contributed by atoms with Crippen LogP contribution in [0.5, 0.6) is 0 Å². The van der Waals surface area contributed by atoms with E-state index in [2.05, 4.69) is 47.6 Å². The monoisotopic (exact) mass is 273 g/mol. The van der Waals surface area contributed by atoms with Crippen LogP contribution in [0, 0.1) is 0 Å². The van der Waals surface area contributed by atoms with Gasteiger partial charge in [-0.1, -0.05) is 26.0 Å². The molecular weight excluding hydrogens is 254 g/mol. The van der Waals surface area contributed by atoms with Gasteiger partial charge in [-0.3, -0.25) is 4.98 Å². The highest BCUT2D eigenvalue weighted by atomic mass is 32.2. The number of nitrogens with two attached hydrogens (primary N) is 1. The van der Waals surface area contributed by atoms with E-state index in [1.165, 1.54) is 5.69 Å². The summed E-state index contributed by atoms with van der Waals surface area (Å²) in [6, 6.07) is 8.15. The second kappa shape index (κ2) is 4.93. The molecule has 100 valence electrons. The first kappa shape index (κ1) is 12.6. The number of pyridine rings is 1. The minimum Gasteiger partial charge on any atom is -0.397 e. The molecule has 0 bridgehead atoms. The third-order valence-corrected chi connectivity index (χ3v) is 4.77. The van der Waals surface area contributed by atoms with Gasteiger partial charge in [0.25, 0.3) is 0 Å². The van der Waals surface area contributed by atoms with Crippen LogP contribution in [0.25, 0.3) is 10.9 Å². The molecule has 2 unspecified atom stereocenters. The summed E-state index contributed by atoms with van der Waals surface area (Å²) >= 11 is 2.07. The molecule has 2 heterocycles. The number of rotatable bonds is 1. The lowest BCUT2D eigenvalue weighted by Gasteiger charge is -2.36. The molecule has 0 saturated carbocycles. The Balaban J connectivity index is 2.07. The zero-order valence-corrected chi connectivity index (χ0v) is 12.2. The van der Waals surface area contributed by atoms with E-state index in [-0.39, 0.29) is 0 Å². The molecule has 3 nitrogen and oxygen atoms in total. The predicted octanol–water partition coefficient (Wildman–Crippen LogP) is 3.15. The van der Waals surface area contributed by atoms with Gasteiger partial charge >= 0.3 is 0 Å². The summed E-state index contributed by atoms with van der Waals surface area (Å²) in [5, 5.41) is 2.48. The lowest BCUT2D eigenvalue weighted by atomic mass is 10.1. The number of hydrogen-bond donors (Lipinski definition) is 1. The Hall–Kier alpha value is -1.42. The van der Waals surface area contributed by atoms with Crippen LogP contribution in [-0.4, -0.2) is 28.6 Å². The van der Waals surface area contributed by atoms with Gasteiger partial charge in [-0.15, -0.1) is 0 Å². The number of nitrogens with zero attached hydrogens (tertiary/aromatic N) is 2. The molecule has 19 heavy (non-hydrogen) atoms. The van der Waals surface area contributed by atoms with E-state index < -0.39 is 0 Å². The zero-order valence-electron chi connectivity index (χ0n) is 11.3. The van der Waals surface area contributed by atoms with E-state index >= 15 is 0 Å². The van der Waals surface area contributed by atoms with Crippen molar-refractivity contribution in [1.29, 1.82) is 0 Å². The van der Waals surface area contributed by atoms with Gasteiger partial charge < -0.3 is 10.6 Å². The van der Waals surface area contributed by atoms with E-state index in [1.54, 1.807) is 0 Å². The first-order valence-corrected chi connectivity index (χ1v) is 7.63. The Bertz CT molecular complexity index is 589. The first-order valence-electron chi connectivity index (χ1n) is 6.69. The number of thioether (sulfide) groups is 1. The van der Waals surface area contributed by atoms with Crippen molar-refractivity contribution in [2.75, 3.05) is 23.7 Å². The summed E-state index contributed by atoms with van der Waals surface area (Å²) in [7, 11) is 0. The molecule has 0 spiro atoms. The van der Waals surface area contributed by atoms with Gasteiger partial charge in [-0.25, -0.2) is 0 Å². The molecule has 1 aromatic heterocycles. The number of fused-ring (bicyclic) bond motifs is 1. The molecule has 1 aliphatic heterocycles. The Labute approximate surface area is 118 Å². The maximum Gasteiger partial charge on any atom is 0.0951 e. The SMILES string of the molecule is CC1CN(c2ccnc3c(N)cccc23)CC(C)S1. The molecule has 2 atom stereocenters. The van der Waals surface area contributed by atoms with E-state index in [9.17, 15) is 0 Å². The van der Waals surface area contributed by atoms with Crippen LogP contribution in [0.4, 0.5) is 11.4 Å². The highest BCUT2D eigenvalue weighted by Gasteiger charge is 2.23. The van der Waals surface area contributed by atoms with Crippen LogP contribution in [-0.2, 0) is 0 Å². The van der Waals surface area contributed by atoms with Crippen LogP contribution in [0.15, 0.2) is 30.5 Å². The fraction of sp³-hybridized carbons (Fsp3) is 0.400. The number of aromatic nitrogens is 1. The van der Waals surface area contributed by atoms with Crippen molar-refractivity contribution in [3.63, 3.8) is 0 Å². The van der Waals surface area contributed by atoms with E-state index in [4.69, 9.17) is 5.73 Å². The van der Waals surface area contributed by atoms with Crippen molar-refractivity contribution in [3.05, 3.63) is 30.5 Å². The van der Waals surface area contributed by atoms with Gasteiger partial charge in [0.15, 0.2) is 0 Å². The summed E-state index contributed by atoms with van der Waals surface area (Å²) in [5.74, 6) is 0. The minimum absolute atomic E-state index is 0.660. The summed E-state index contributed by atoms with van der Waals surface area (Å²) < 4.78 is 0. The first-order chi connectivity index (χ1) is 9.15. The minimum atomic E-state index is 0.660. The third-order valence-electron chi connectivity index (χ3n) is 3.54. The number of nitrogen functional groups attached to an aromatic ring is 1. The Morgan fingerprint density at radius 2 is 1.95 bits per heavy atom. The maximum atomic E-state index is 6.02. The third kappa shape index (κ3) is 2.37. The quantitative estimate of drug-likeness (QED) is 0.811. The lowest BCUT2D eigenvalue weighted by Crippen LogP contribution is -2.40. The molecule has 2 aromatic rings. The van der Waals surface area contributed by atoms with Crippen LogP contribution in [0.2, 0.25) is 0 Å². The maximum absolute atomic E-state index is 6.02. The lowest BCUT2D eigenvalue weighted by molar-refractivity contribution is 0.730. The standard InChI is InChI=1S/C15H19N3S/c1-10-8-18(9-11(2)19-10)14-6-7-17-15-12(14)4-3-5-13(15)16/h3-7,10-11H,8-9,16H2,1-2H3. The van der Waals surface area contributed by atoms with Crippen molar-refractivity contribution < 1.29 is 0 Å². The molecule has 4 heteroatoms. The highest BCUT2D eigenvalue weighted by Crippen LogP contribution is 2.33. The average molecular weight is 273 g/mol. The van der Waals surface area contributed by atoms with E-state index in [1.807, 2.05) is 18.3 Å². The van der Waals surface area contributed by atoms with Crippen molar-refractivity contribution in [2.24, 2.45) is 0 Å². The van der Waals surface area contributed by atoms with Crippen molar-refractivity contribution in [3.8, 4) is 0 Å². The zero-order chi connectivity index (χ0) is 13.4. The van der Waals surface area contributed by atoms with Gasteiger partial charge in [0.1, 0.15) is 0 Å². The fourth-order valence-corrected chi connectivity index (χ4v) is 4.16. The van der Waals surface area contributed by atoms with Crippen molar-refractivity contribution in [1.82, 2.24) is 4.98 Å². The molecule has 1 aromatic carbocycles. The van der Waals surface area contributed by atoms with E-state index in [0.29, 0.717) is 10.5 Å². The molecule has 0 amide bonds. The second-order valence-electron chi connectivity index (χ2n) is 5.24. The number of hydrogen-bond acceptors (Lipinski definition) is 4. The van der Waals surface area contributed by atoms with Crippen molar-refractivity contribution in [2.45, 2.75) is 24.3 Å². The summed E-state index contributed by atoms with van der Waals surface area (Å²) in [5.41, 5.74) is 8.96. The van der Waals surface area contributed by atoms with Gasteiger partial charge in [0, 0.05) is 40.9 Å². The van der Waals surface area contributed by atoms with Gasteiger partial charge in [-0.05, 0) is 12.1 Å². The van der Waals surface area contributed by atoms with Crippen LogP contribution < -0.4 is 10.6 Å². The summed E-state index contributed by atoms with van der Waals surface area (Å²) in [6.07, 6.45) is 1.87. The van der Waals surface area contributed by atoms with Crippen LogP contribution in [0.1, 0.15) is 13.8 Å². The summed E-state index contributed by atoms with van der Waals surface area (Å²) in [4.78, 5) is 6.88. The number of para-hydroxylation sites is 1. The Morgan fingerprint density at radius 1 is 1.21 bits per heavy atom. The van der Waals surface area contributed by atoms with Gasteiger partial charge in [0.05, 0.1) is 11.2 Å². The second-order valence-corrected chi connectivity index (χ2v) is 7.12. The Morgan fingerprint density at radius 3 is 2.68 bits per heavy atom. The normalized spacial score (nSPS) is 23.8. The average Bonchev–Trinajstić information content (AvgIpc) is 2.37. The van der Waals surface area contributed by atoms with Gasteiger partial charge in [0.2, 0.25) is 0 Å². The predicted molar refractivity (Wildman–Crippen MR) is 84.9 cm³/mol. The molecule has 2 N–H and O–H groups in total. The highest BCUT2D eigenvalue weighted by molar-refractivity contribution is 8.00. The molecule has 3 rings (SSSR count). The molecule has 1 saturated heterocycles. The summed E-state index contributed by atoms with van der Waals surface area (Å²) in [6.45, 7) is 6.77. The van der Waals surface area contributed by atoms with Gasteiger partial charge in [-0.2, -0.15) is 11.8 Å². The Kier molecular flexibility index (Phi) is 3.27. The van der Waals surface area contributed by atoms with Crippen LogP contribution >= 0.6 is 11.8 Å². The van der Waals surface area contributed by atoms with Crippen molar-refractivity contribution >= 4 is 34.0 Å². The fourth-order valence-electron chi connectivity index (χ4n) is 2.83. The number of benzene rings is 1. The van der Waals surface area contributed by atoms with E-state index in [0.717, 1.165) is 29.7 Å². The van der Waals surface area contributed by atoms with Crippen LogP contribution in [0.3, 0.4) is 0 Å². The molecule has 1 fully saturated rings. The molecular formula is C15H19N3S. The molecule has 1 aliphatic rings. The largest absolute Gasteiger partial charge is 0.397 e.